The molecule has 0 fully saturated rings. The monoisotopic (exact) mass is 271 g/mol. The molecule has 18 heavy (non-hydrogen) atoms. The van der Waals surface area contributed by atoms with Gasteiger partial charge in [-0.2, -0.15) is 5.26 Å². The second kappa shape index (κ2) is 7.50. The van der Waals surface area contributed by atoms with Crippen molar-refractivity contribution in [1.29, 1.82) is 5.26 Å². The van der Waals surface area contributed by atoms with Gasteiger partial charge in [0.05, 0.1) is 0 Å². The largest absolute Gasteiger partial charge is 0.485 e. The SMILES string of the molecule is CSC(=Nc1ccccc1OCC(F)F)NC#N. The number of nitrogens with zero attached hydrogens (tertiary/aromatic N) is 2. The van der Waals surface area contributed by atoms with Crippen LogP contribution in [0, 0.1) is 11.5 Å². The molecule has 4 nitrogen and oxygen atoms in total. The Hall–Kier alpha value is -1.81. The molecule has 0 aliphatic rings. The van der Waals surface area contributed by atoms with Gasteiger partial charge in [-0.05, 0) is 18.4 Å². The number of benzene rings is 1. The lowest BCUT2D eigenvalue weighted by Crippen LogP contribution is -2.12. The van der Waals surface area contributed by atoms with E-state index in [0.29, 0.717) is 10.9 Å². The van der Waals surface area contributed by atoms with Crippen LogP contribution in [0.5, 0.6) is 5.75 Å². The van der Waals surface area contributed by atoms with Crippen molar-refractivity contribution in [2.24, 2.45) is 4.99 Å². The van der Waals surface area contributed by atoms with Gasteiger partial charge in [0.2, 0.25) is 0 Å². The summed E-state index contributed by atoms with van der Waals surface area (Å²) in [5.41, 5.74) is 0.394. The van der Waals surface area contributed by atoms with Gasteiger partial charge in [-0.3, -0.25) is 5.32 Å². The van der Waals surface area contributed by atoms with Crippen molar-refractivity contribution >= 4 is 22.6 Å². The molecule has 96 valence electrons. The number of para-hydroxylation sites is 2. The first-order chi connectivity index (χ1) is 8.67. The highest BCUT2D eigenvalue weighted by atomic mass is 32.2. The van der Waals surface area contributed by atoms with Gasteiger partial charge in [0.15, 0.2) is 11.4 Å². The van der Waals surface area contributed by atoms with Gasteiger partial charge in [-0.1, -0.05) is 23.9 Å². The van der Waals surface area contributed by atoms with Crippen molar-refractivity contribution in [1.82, 2.24) is 5.32 Å². The third kappa shape index (κ3) is 4.59. The highest BCUT2D eigenvalue weighted by Gasteiger charge is 2.07. The summed E-state index contributed by atoms with van der Waals surface area (Å²) in [6.45, 7) is -0.688. The second-order valence-corrected chi connectivity index (χ2v) is 3.82. The minimum atomic E-state index is -2.54. The van der Waals surface area contributed by atoms with E-state index in [1.807, 2.05) is 0 Å². The Balaban J connectivity index is 2.91. The van der Waals surface area contributed by atoms with Crippen molar-refractivity contribution in [2.45, 2.75) is 6.43 Å². The van der Waals surface area contributed by atoms with Gasteiger partial charge in [0.25, 0.3) is 6.43 Å². The van der Waals surface area contributed by atoms with Gasteiger partial charge in [0.1, 0.15) is 18.0 Å². The molecule has 1 aromatic carbocycles. The molecule has 0 heterocycles. The number of hydrogen-bond donors (Lipinski definition) is 1. The molecule has 0 radical (unpaired) electrons. The summed E-state index contributed by atoms with van der Waals surface area (Å²) in [6.07, 6.45) is 0.946. The molecular weight excluding hydrogens is 260 g/mol. The molecule has 0 saturated heterocycles. The predicted molar refractivity (Wildman–Crippen MR) is 67.3 cm³/mol. The molecule has 0 aromatic heterocycles. The summed E-state index contributed by atoms with van der Waals surface area (Å²) in [5, 5.41) is 11.3. The van der Waals surface area contributed by atoms with Gasteiger partial charge >= 0.3 is 0 Å². The zero-order valence-corrected chi connectivity index (χ0v) is 10.4. The number of thioether (sulfide) groups is 1. The quantitative estimate of drug-likeness (QED) is 0.396. The lowest BCUT2D eigenvalue weighted by molar-refractivity contribution is 0.0822. The molecule has 0 saturated carbocycles. The van der Waals surface area contributed by atoms with Crippen LogP contribution in [-0.2, 0) is 0 Å². The van der Waals surface area contributed by atoms with Crippen LogP contribution in [0.2, 0.25) is 0 Å². The van der Waals surface area contributed by atoms with Crippen LogP contribution in [0.15, 0.2) is 29.3 Å². The molecule has 0 unspecified atom stereocenters. The normalized spacial score (nSPS) is 11.2. The number of nitrogens with one attached hydrogen (secondary N) is 1. The maximum Gasteiger partial charge on any atom is 0.272 e. The summed E-state index contributed by atoms with van der Waals surface area (Å²) in [6, 6.07) is 6.54. The number of aliphatic imine (C=N–C) groups is 1. The average Bonchev–Trinajstić information content (AvgIpc) is 2.37. The van der Waals surface area contributed by atoms with Crippen molar-refractivity contribution in [2.75, 3.05) is 12.9 Å². The van der Waals surface area contributed by atoms with Crippen LogP contribution < -0.4 is 10.1 Å². The third-order valence-corrected chi connectivity index (χ3v) is 2.39. The highest BCUT2D eigenvalue weighted by Crippen LogP contribution is 2.28. The van der Waals surface area contributed by atoms with Crippen molar-refractivity contribution < 1.29 is 13.5 Å². The molecule has 0 amide bonds. The van der Waals surface area contributed by atoms with E-state index < -0.39 is 13.0 Å². The van der Waals surface area contributed by atoms with Crippen LogP contribution in [0.3, 0.4) is 0 Å². The molecule has 0 spiro atoms. The summed E-state index contributed by atoms with van der Waals surface area (Å²) >= 11 is 1.24. The Bertz CT molecular complexity index is 460. The molecular formula is C11H11F2N3OS. The summed E-state index contributed by atoms with van der Waals surface area (Å²) in [5.74, 6) is 0.254. The minimum absolute atomic E-state index is 0.254. The van der Waals surface area contributed by atoms with E-state index in [4.69, 9.17) is 10.00 Å². The Labute approximate surface area is 108 Å². The van der Waals surface area contributed by atoms with Gasteiger partial charge in [-0.15, -0.1) is 0 Å². The summed E-state index contributed by atoms with van der Waals surface area (Å²) in [4.78, 5) is 4.12. The molecule has 0 aliphatic carbocycles. The van der Waals surface area contributed by atoms with Gasteiger partial charge < -0.3 is 4.74 Å². The van der Waals surface area contributed by atoms with E-state index in [1.165, 1.54) is 11.8 Å². The van der Waals surface area contributed by atoms with Crippen LogP contribution in [0.1, 0.15) is 0 Å². The number of halogens is 2. The first-order valence-electron chi connectivity index (χ1n) is 4.95. The molecule has 0 aliphatic heterocycles. The number of ether oxygens (including phenoxy) is 1. The Morgan fingerprint density at radius 2 is 2.28 bits per heavy atom. The standard InChI is InChI=1S/C11H11F2N3OS/c1-18-11(15-7-14)16-8-4-2-3-5-9(8)17-6-10(12)13/h2-5,10H,6H2,1H3,(H,15,16). The van der Waals surface area contributed by atoms with Crippen LogP contribution in [-0.4, -0.2) is 24.5 Å². The summed E-state index contributed by atoms with van der Waals surface area (Å²) < 4.78 is 29.1. The molecule has 1 N–H and O–H groups in total. The zero-order chi connectivity index (χ0) is 13.4. The fourth-order valence-electron chi connectivity index (χ4n) is 1.11. The zero-order valence-electron chi connectivity index (χ0n) is 9.56. The minimum Gasteiger partial charge on any atom is -0.485 e. The fourth-order valence-corrected chi connectivity index (χ4v) is 1.44. The molecule has 1 aromatic rings. The lowest BCUT2D eigenvalue weighted by Gasteiger charge is -2.08. The maximum absolute atomic E-state index is 12.1. The average molecular weight is 271 g/mol. The number of alkyl halides is 2. The smallest absolute Gasteiger partial charge is 0.272 e. The van der Waals surface area contributed by atoms with E-state index in [-0.39, 0.29) is 5.75 Å². The fraction of sp³-hybridized carbons (Fsp3) is 0.273. The molecule has 0 atom stereocenters. The number of rotatable bonds is 4. The van der Waals surface area contributed by atoms with Crippen molar-refractivity contribution in [3.8, 4) is 11.9 Å². The number of hydrogen-bond acceptors (Lipinski definition) is 4. The Morgan fingerprint density at radius 1 is 1.56 bits per heavy atom. The third-order valence-electron chi connectivity index (χ3n) is 1.81. The number of amidine groups is 1. The van der Waals surface area contributed by atoms with E-state index >= 15 is 0 Å². The van der Waals surface area contributed by atoms with E-state index in [9.17, 15) is 8.78 Å². The molecule has 0 bridgehead atoms. The van der Waals surface area contributed by atoms with Crippen molar-refractivity contribution in [3.63, 3.8) is 0 Å². The Kier molecular flexibility index (Phi) is 5.94. The molecule has 1 rings (SSSR count). The topological polar surface area (TPSA) is 57.4 Å². The first-order valence-corrected chi connectivity index (χ1v) is 6.17. The van der Waals surface area contributed by atoms with Crippen LogP contribution >= 0.6 is 11.8 Å². The summed E-state index contributed by atoms with van der Waals surface area (Å²) in [7, 11) is 0. The van der Waals surface area contributed by atoms with Crippen LogP contribution in [0.4, 0.5) is 14.5 Å². The maximum atomic E-state index is 12.1. The first kappa shape index (κ1) is 14.3. The van der Waals surface area contributed by atoms with E-state index in [0.717, 1.165) is 0 Å². The molecule has 7 heteroatoms. The van der Waals surface area contributed by atoms with Gasteiger partial charge in [-0.25, -0.2) is 13.8 Å². The van der Waals surface area contributed by atoms with Crippen molar-refractivity contribution in [3.05, 3.63) is 24.3 Å². The van der Waals surface area contributed by atoms with Gasteiger partial charge in [0, 0.05) is 0 Å². The lowest BCUT2D eigenvalue weighted by atomic mass is 10.3. The predicted octanol–water partition coefficient (Wildman–Crippen LogP) is 2.75. The number of nitriles is 1. The van der Waals surface area contributed by atoms with E-state index in [2.05, 4.69) is 10.3 Å². The van der Waals surface area contributed by atoms with Crippen LogP contribution in [0.25, 0.3) is 0 Å². The highest BCUT2D eigenvalue weighted by molar-refractivity contribution is 8.13. The Morgan fingerprint density at radius 3 is 2.89 bits per heavy atom. The van der Waals surface area contributed by atoms with E-state index in [1.54, 1.807) is 36.7 Å². The second-order valence-electron chi connectivity index (χ2n) is 3.03.